The first-order valence-corrected chi connectivity index (χ1v) is 4.71. The largest absolute Gasteiger partial charge is 0.324 e. The van der Waals surface area contributed by atoms with E-state index >= 15 is 0 Å². The lowest BCUT2D eigenvalue weighted by Crippen LogP contribution is -2.22. The minimum atomic E-state index is 0.234. The summed E-state index contributed by atoms with van der Waals surface area (Å²) >= 11 is 0. The van der Waals surface area contributed by atoms with Crippen LogP contribution in [0, 0.1) is 5.92 Å². The molecule has 0 radical (unpaired) electrons. The standard InChI is InChI=1S/C10H19N/c1-2-10(11)8-9-6-4-3-5-7-9/h2,9-10H,1,3-8,11H2. The van der Waals surface area contributed by atoms with E-state index < -0.39 is 0 Å². The molecule has 1 saturated carbocycles. The molecule has 1 atom stereocenters. The van der Waals surface area contributed by atoms with E-state index in [1.54, 1.807) is 0 Å². The van der Waals surface area contributed by atoms with Crippen molar-refractivity contribution in [1.29, 1.82) is 0 Å². The maximum absolute atomic E-state index is 5.79. The summed E-state index contributed by atoms with van der Waals surface area (Å²) in [5, 5.41) is 0. The van der Waals surface area contributed by atoms with Gasteiger partial charge in [-0.05, 0) is 12.3 Å². The van der Waals surface area contributed by atoms with Crippen LogP contribution in [0.5, 0.6) is 0 Å². The maximum Gasteiger partial charge on any atom is 0.0223 e. The highest BCUT2D eigenvalue weighted by atomic mass is 14.6. The van der Waals surface area contributed by atoms with Crippen LogP contribution >= 0.6 is 0 Å². The fourth-order valence-electron chi connectivity index (χ4n) is 1.90. The Bertz CT molecular complexity index is 114. The van der Waals surface area contributed by atoms with Gasteiger partial charge < -0.3 is 5.73 Å². The molecule has 0 amide bonds. The summed E-state index contributed by atoms with van der Waals surface area (Å²) in [4.78, 5) is 0. The van der Waals surface area contributed by atoms with E-state index in [-0.39, 0.29) is 6.04 Å². The first-order chi connectivity index (χ1) is 5.33. The molecule has 11 heavy (non-hydrogen) atoms. The van der Waals surface area contributed by atoms with Gasteiger partial charge in [-0.2, -0.15) is 0 Å². The van der Waals surface area contributed by atoms with E-state index in [0.29, 0.717) is 0 Å². The molecule has 0 heterocycles. The summed E-state index contributed by atoms with van der Waals surface area (Å²) in [6.45, 7) is 3.70. The van der Waals surface area contributed by atoms with Crippen molar-refractivity contribution in [3.05, 3.63) is 12.7 Å². The minimum Gasteiger partial charge on any atom is -0.324 e. The number of hydrogen-bond acceptors (Lipinski definition) is 1. The second kappa shape index (κ2) is 4.55. The average molecular weight is 153 g/mol. The van der Waals surface area contributed by atoms with Gasteiger partial charge in [0.05, 0.1) is 0 Å². The zero-order valence-electron chi connectivity index (χ0n) is 7.26. The van der Waals surface area contributed by atoms with Crippen molar-refractivity contribution in [3.63, 3.8) is 0 Å². The molecule has 1 unspecified atom stereocenters. The maximum atomic E-state index is 5.79. The van der Waals surface area contributed by atoms with Crippen molar-refractivity contribution in [3.8, 4) is 0 Å². The van der Waals surface area contributed by atoms with Crippen molar-refractivity contribution in [2.75, 3.05) is 0 Å². The Labute approximate surface area is 69.7 Å². The molecule has 0 aliphatic heterocycles. The summed E-state index contributed by atoms with van der Waals surface area (Å²) in [6, 6.07) is 0.234. The van der Waals surface area contributed by atoms with E-state index in [1.165, 1.54) is 32.1 Å². The fourth-order valence-corrected chi connectivity index (χ4v) is 1.90. The van der Waals surface area contributed by atoms with Crippen LogP contribution in [0.4, 0.5) is 0 Å². The third-order valence-corrected chi connectivity index (χ3v) is 2.63. The third kappa shape index (κ3) is 3.06. The van der Waals surface area contributed by atoms with Crippen LogP contribution in [0.2, 0.25) is 0 Å². The highest BCUT2D eigenvalue weighted by molar-refractivity contribution is 4.84. The van der Waals surface area contributed by atoms with Crippen LogP contribution in [0.3, 0.4) is 0 Å². The Balaban J connectivity index is 2.18. The molecule has 0 saturated heterocycles. The molecule has 2 N–H and O–H groups in total. The Morgan fingerprint density at radius 1 is 1.36 bits per heavy atom. The van der Waals surface area contributed by atoms with Gasteiger partial charge in [-0.15, -0.1) is 6.58 Å². The molecule has 0 aromatic rings. The second-order valence-electron chi connectivity index (χ2n) is 3.64. The molecular formula is C10H19N. The average Bonchev–Trinajstić information content (AvgIpc) is 2.06. The minimum absolute atomic E-state index is 0.234. The molecule has 0 bridgehead atoms. The lowest BCUT2D eigenvalue weighted by Gasteiger charge is -2.22. The summed E-state index contributed by atoms with van der Waals surface area (Å²) in [5.41, 5.74) is 5.79. The molecule has 1 rings (SSSR count). The smallest absolute Gasteiger partial charge is 0.0223 e. The van der Waals surface area contributed by atoms with Crippen molar-refractivity contribution in [2.45, 2.75) is 44.6 Å². The quantitative estimate of drug-likeness (QED) is 0.619. The molecule has 0 aromatic carbocycles. The fraction of sp³-hybridized carbons (Fsp3) is 0.800. The zero-order chi connectivity index (χ0) is 8.10. The number of nitrogens with two attached hydrogens (primary N) is 1. The summed E-state index contributed by atoms with van der Waals surface area (Å²) in [7, 11) is 0. The highest BCUT2D eigenvalue weighted by Gasteiger charge is 2.14. The number of hydrogen-bond donors (Lipinski definition) is 1. The van der Waals surface area contributed by atoms with E-state index in [9.17, 15) is 0 Å². The predicted octanol–water partition coefficient (Wildman–Crippen LogP) is 2.47. The van der Waals surface area contributed by atoms with Gasteiger partial charge in [0.1, 0.15) is 0 Å². The topological polar surface area (TPSA) is 26.0 Å². The Morgan fingerprint density at radius 2 is 2.00 bits per heavy atom. The normalized spacial score (nSPS) is 23.0. The van der Waals surface area contributed by atoms with E-state index in [2.05, 4.69) is 6.58 Å². The first kappa shape index (κ1) is 8.79. The summed E-state index contributed by atoms with van der Waals surface area (Å²) < 4.78 is 0. The van der Waals surface area contributed by atoms with E-state index in [0.717, 1.165) is 12.3 Å². The van der Waals surface area contributed by atoms with Gasteiger partial charge in [-0.1, -0.05) is 38.2 Å². The van der Waals surface area contributed by atoms with Gasteiger partial charge in [-0.25, -0.2) is 0 Å². The highest BCUT2D eigenvalue weighted by Crippen LogP contribution is 2.26. The zero-order valence-corrected chi connectivity index (χ0v) is 7.26. The van der Waals surface area contributed by atoms with Crippen molar-refractivity contribution in [2.24, 2.45) is 11.7 Å². The van der Waals surface area contributed by atoms with Gasteiger partial charge in [0.15, 0.2) is 0 Å². The Hall–Kier alpha value is -0.300. The molecule has 0 aromatic heterocycles. The van der Waals surface area contributed by atoms with Gasteiger partial charge in [0, 0.05) is 6.04 Å². The molecule has 1 aliphatic rings. The Morgan fingerprint density at radius 3 is 2.55 bits per heavy atom. The molecule has 64 valence electrons. The van der Waals surface area contributed by atoms with Gasteiger partial charge >= 0.3 is 0 Å². The lowest BCUT2D eigenvalue weighted by atomic mass is 9.85. The van der Waals surface area contributed by atoms with Crippen molar-refractivity contribution >= 4 is 0 Å². The van der Waals surface area contributed by atoms with Crippen LogP contribution in [0.25, 0.3) is 0 Å². The lowest BCUT2D eigenvalue weighted by molar-refractivity contribution is 0.330. The molecule has 1 fully saturated rings. The van der Waals surface area contributed by atoms with Crippen molar-refractivity contribution < 1.29 is 0 Å². The van der Waals surface area contributed by atoms with Gasteiger partial charge in [0.2, 0.25) is 0 Å². The molecule has 0 spiro atoms. The van der Waals surface area contributed by atoms with Gasteiger partial charge in [-0.3, -0.25) is 0 Å². The van der Waals surface area contributed by atoms with E-state index in [4.69, 9.17) is 5.73 Å². The molecular weight excluding hydrogens is 134 g/mol. The van der Waals surface area contributed by atoms with E-state index in [1.807, 2.05) is 6.08 Å². The van der Waals surface area contributed by atoms with Crippen LogP contribution in [-0.4, -0.2) is 6.04 Å². The summed E-state index contributed by atoms with van der Waals surface area (Å²) in [5.74, 6) is 0.886. The monoisotopic (exact) mass is 153 g/mol. The van der Waals surface area contributed by atoms with Crippen LogP contribution in [0.1, 0.15) is 38.5 Å². The SMILES string of the molecule is C=CC(N)CC1CCCCC1. The predicted molar refractivity (Wildman–Crippen MR) is 49.4 cm³/mol. The van der Waals surface area contributed by atoms with Gasteiger partial charge in [0.25, 0.3) is 0 Å². The molecule has 1 nitrogen and oxygen atoms in total. The molecule has 1 aliphatic carbocycles. The number of rotatable bonds is 3. The van der Waals surface area contributed by atoms with Crippen LogP contribution < -0.4 is 5.73 Å². The third-order valence-electron chi connectivity index (χ3n) is 2.63. The van der Waals surface area contributed by atoms with Crippen molar-refractivity contribution in [1.82, 2.24) is 0 Å². The molecule has 1 heteroatoms. The first-order valence-electron chi connectivity index (χ1n) is 4.71. The Kier molecular flexibility index (Phi) is 3.64. The van der Waals surface area contributed by atoms with Crippen LogP contribution in [-0.2, 0) is 0 Å². The second-order valence-corrected chi connectivity index (χ2v) is 3.64. The van der Waals surface area contributed by atoms with Crippen LogP contribution in [0.15, 0.2) is 12.7 Å². The summed E-state index contributed by atoms with van der Waals surface area (Å²) in [6.07, 6.45) is 10.1.